The fourth-order valence-electron chi connectivity index (χ4n) is 6.72. The zero-order valence-corrected chi connectivity index (χ0v) is 28.9. The molecule has 0 radical (unpaired) electrons. The fourth-order valence-corrected chi connectivity index (χ4v) is 27.6. The van der Waals surface area contributed by atoms with Crippen molar-refractivity contribution in [3.63, 3.8) is 0 Å². The van der Waals surface area contributed by atoms with E-state index in [4.69, 9.17) is 0 Å². The van der Waals surface area contributed by atoms with E-state index in [0.29, 0.717) is 13.2 Å². The van der Waals surface area contributed by atoms with Crippen LogP contribution in [0.2, 0.25) is 13.1 Å². The summed E-state index contributed by atoms with van der Waals surface area (Å²) in [5, 5.41) is 0. The van der Waals surface area contributed by atoms with E-state index in [0.717, 1.165) is 0 Å². The third-order valence-electron chi connectivity index (χ3n) is 8.41. The first kappa shape index (κ1) is 31.0. The van der Waals surface area contributed by atoms with E-state index in [-0.39, 0.29) is 24.8 Å². The van der Waals surface area contributed by atoms with Gasteiger partial charge in [0, 0.05) is 0 Å². The van der Waals surface area contributed by atoms with Gasteiger partial charge in [-0.15, -0.1) is 0 Å². The minimum atomic E-state index is -2.12. The molecule has 2 aliphatic carbocycles. The summed E-state index contributed by atoms with van der Waals surface area (Å²) in [4.78, 5) is 0. The van der Waals surface area contributed by atoms with Crippen molar-refractivity contribution in [1.29, 1.82) is 0 Å². The molecule has 0 amide bonds. The summed E-state index contributed by atoms with van der Waals surface area (Å²) in [6, 6.07) is 36.2. The second-order valence-corrected chi connectivity index (χ2v) is 29.2. The molecule has 0 spiro atoms. The molecule has 0 saturated carbocycles. The van der Waals surface area contributed by atoms with Crippen molar-refractivity contribution in [2.45, 2.75) is 41.1 Å². The Kier molecular flexibility index (Phi) is 10.0. The molecule has 4 aromatic carbocycles. The molecule has 0 fully saturated rings. The Labute approximate surface area is 260 Å². The van der Waals surface area contributed by atoms with Gasteiger partial charge in [0.05, 0.1) is 0 Å². The van der Waals surface area contributed by atoms with E-state index < -0.39 is 25.8 Å². The third kappa shape index (κ3) is 5.46. The molecule has 4 heteroatoms. The number of hydrogen-bond acceptors (Lipinski definition) is 0. The van der Waals surface area contributed by atoms with Crippen LogP contribution in [0.5, 0.6) is 0 Å². The maximum atomic E-state index is 2.63. The summed E-state index contributed by atoms with van der Waals surface area (Å²) in [6.45, 7) is 12.5. The molecular formula is C36H36Cl2SiZr. The zero-order valence-electron chi connectivity index (χ0n) is 23.9. The molecule has 0 aromatic heterocycles. The molecule has 40 heavy (non-hydrogen) atoms. The van der Waals surface area contributed by atoms with E-state index in [1.807, 2.05) is 0 Å². The summed E-state index contributed by atoms with van der Waals surface area (Å²) in [5.41, 5.74) is 14.5. The van der Waals surface area contributed by atoms with Gasteiger partial charge >= 0.3 is 238 Å². The predicted molar refractivity (Wildman–Crippen MR) is 163 cm³/mol. The first-order valence-electron chi connectivity index (χ1n) is 13.9. The Hall–Kier alpha value is -1.96. The van der Waals surface area contributed by atoms with Gasteiger partial charge in [0.15, 0.2) is 0 Å². The Morgan fingerprint density at radius 3 is 1.55 bits per heavy atom. The number of fused-ring (bicyclic) bond motifs is 2. The average molecular weight is 659 g/mol. The maximum absolute atomic E-state index is 2.63. The second kappa shape index (κ2) is 12.9. The van der Waals surface area contributed by atoms with Gasteiger partial charge in [-0.2, -0.15) is 0 Å². The summed E-state index contributed by atoms with van der Waals surface area (Å²) in [7, 11) is 0. The van der Waals surface area contributed by atoms with Gasteiger partial charge in [0.2, 0.25) is 0 Å². The van der Waals surface area contributed by atoms with Gasteiger partial charge < -0.3 is 24.8 Å². The van der Waals surface area contributed by atoms with Crippen LogP contribution in [0.3, 0.4) is 0 Å². The average Bonchev–Trinajstić information content (AvgIpc) is 3.48. The monoisotopic (exact) mass is 656 g/mol. The topological polar surface area (TPSA) is 0 Å². The molecule has 0 aliphatic heterocycles. The summed E-state index contributed by atoms with van der Waals surface area (Å²) < 4.78 is 1.30. The molecule has 2 unspecified atom stereocenters. The molecule has 0 nitrogen and oxygen atoms in total. The Balaban J connectivity index is 0.00000185. The quantitative estimate of drug-likeness (QED) is 0.283. The van der Waals surface area contributed by atoms with Crippen LogP contribution in [-0.2, 0) is 20.4 Å². The number of rotatable bonds is 5. The van der Waals surface area contributed by atoms with E-state index in [9.17, 15) is 0 Å². The van der Waals surface area contributed by atoms with Crippen LogP contribution in [0.25, 0.3) is 34.4 Å². The first-order valence-corrected chi connectivity index (χ1v) is 22.9. The van der Waals surface area contributed by atoms with Crippen LogP contribution in [0.4, 0.5) is 0 Å². The number of benzene rings is 4. The Bertz CT molecular complexity index is 1610. The molecule has 0 N–H and O–H groups in total. The van der Waals surface area contributed by atoms with Gasteiger partial charge in [-0.05, 0) is 0 Å². The van der Waals surface area contributed by atoms with Crippen molar-refractivity contribution < 1.29 is 45.2 Å². The van der Waals surface area contributed by atoms with Crippen molar-refractivity contribution in [1.82, 2.24) is 0 Å². The second-order valence-electron chi connectivity index (χ2n) is 11.4. The van der Waals surface area contributed by atoms with Crippen LogP contribution in [0.1, 0.15) is 50.3 Å². The SMILES string of the molecule is CC1=Cc2c(-c3ccccc3)cccc2[CH]1[Zr+2]([CH]1C(C(C)C)=Cc2c(-c3ccccc3)cccc21)=[Si](C)C.[Cl-].[Cl-]. The molecule has 2 atom stereocenters. The van der Waals surface area contributed by atoms with Crippen LogP contribution in [0.15, 0.2) is 108 Å². The van der Waals surface area contributed by atoms with Crippen LogP contribution < -0.4 is 24.8 Å². The molecule has 202 valence electrons. The smallest absolute Gasteiger partial charge is 1.00 e. The van der Waals surface area contributed by atoms with Gasteiger partial charge in [0.1, 0.15) is 0 Å². The van der Waals surface area contributed by atoms with Crippen molar-refractivity contribution in [3.05, 3.63) is 130 Å². The number of halogens is 2. The predicted octanol–water partition coefficient (Wildman–Crippen LogP) is 4.15. The largest absolute Gasteiger partial charge is 1.00 e. The fraction of sp³-hybridized carbons (Fsp3) is 0.222. The minimum Gasteiger partial charge on any atom is -1.00 e. The summed E-state index contributed by atoms with van der Waals surface area (Å²) in [6.07, 6.45) is 5.15. The van der Waals surface area contributed by atoms with Crippen LogP contribution >= 0.6 is 0 Å². The Morgan fingerprint density at radius 2 is 1.07 bits per heavy atom. The van der Waals surface area contributed by atoms with Gasteiger partial charge in [-0.1, -0.05) is 0 Å². The minimum absolute atomic E-state index is 0. The molecule has 2 aliphatic rings. The number of hydrogen-bond donors (Lipinski definition) is 0. The van der Waals surface area contributed by atoms with E-state index in [1.54, 1.807) is 22.3 Å². The van der Waals surface area contributed by atoms with Crippen molar-refractivity contribution in [2.24, 2.45) is 5.92 Å². The normalized spacial score (nSPS) is 16.5. The summed E-state index contributed by atoms with van der Waals surface area (Å²) in [5.74, 6) is 0.564. The Morgan fingerprint density at radius 1 is 0.600 bits per heavy atom. The van der Waals surface area contributed by atoms with Crippen molar-refractivity contribution in [3.8, 4) is 22.3 Å². The van der Waals surface area contributed by atoms with Crippen LogP contribution in [0, 0.1) is 5.92 Å². The standard InChI is InChI=1S/C18H17.C16H13.C2H6Si.2ClH.Zr/c1-13(2)16-11-15-9-6-10-17(18(15)12-16)14-7-4-3-5-8-14;1-12-10-14-8-5-9-15(16(14)11-12)13-6-3-2-4-7-13;1-3-2;;;/h3-13H,1-2H3;2-11H,1H3;1-2H3;2*1H;/q;;;;;+2/p-2. The third-order valence-corrected chi connectivity index (χ3v) is 28.0. The van der Waals surface area contributed by atoms with Gasteiger partial charge in [0.25, 0.3) is 0 Å². The maximum Gasteiger partial charge on any atom is -1.00 e. The van der Waals surface area contributed by atoms with E-state index in [2.05, 4.69) is 143 Å². The van der Waals surface area contributed by atoms with E-state index in [1.165, 1.54) is 33.4 Å². The molecule has 4 aromatic rings. The first-order chi connectivity index (χ1) is 18.5. The molecular weight excluding hydrogens is 623 g/mol. The van der Waals surface area contributed by atoms with Crippen molar-refractivity contribution >= 4 is 17.6 Å². The molecule has 0 heterocycles. The van der Waals surface area contributed by atoms with Crippen molar-refractivity contribution in [2.75, 3.05) is 0 Å². The van der Waals surface area contributed by atoms with Gasteiger partial charge in [-0.3, -0.25) is 0 Å². The van der Waals surface area contributed by atoms with Gasteiger partial charge in [-0.25, -0.2) is 0 Å². The number of allylic oxidation sites excluding steroid dienone is 2. The molecule has 6 rings (SSSR count). The molecule has 0 saturated heterocycles. The van der Waals surface area contributed by atoms with E-state index >= 15 is 0 Å². The summed E-state index contributed by atoms with van der Waals surface area (Å²) >= 11 is -2.12. The molecule has 0 bridgehead atoms. The zero-order chi connectivity index (χ0) is 26.4. The van der Waals surface area contributed by atoms with Crippen LogP contribution in [-0.4, -0.2) is 5.43 Å².